The SMILES string of the molecule is Cc1ccc(Cl)c2c(CN)c(C)n(C)c12. The second-order valence-electron chi connectivity index (χ2n) is 3.91. The molecule has 3 heteroatoms. The molecule has 1 heterocycles. The van der Waals surface area contributed by atoms with Gasteiger partial charge >= 0.3 is 0 Å². The molecule has 0 radical (unpaired) electrons. The van der Waals surface area contributed by atoms with Gasteiger partial charge in [0.25, 0.3) is 0 Å². The predicted molar refractivity (Wildman–Crippen MR) is 65.3 cm³/mol. The first-order valence-electron chi connectivity index (χ1n) is 5.01. The van der Waals surface area contributed by atoms with Crippen molar-refractivity contribution in [3.8, 4) is 0 Å². The molecule has 0 spiro atoms. The van der Waals surface area contributed by atoms with Crippen LogP contribution < -0.4 is 5.73 Å². The summed E-state index contributed by atoms with van der Waals surface area (Å²) in [5.74, 6) is 0. The molecule has 2 aromatic rings. The van der Waals surface area contributed by atoms with Crippen LogP contribution in [0.25, 0.3) is 10.9 Å². The zero-order valence-corrected chi connectivity index (χ0v) is 10.0. The third kappa shape index (κ3) is 1.36. The molecule has 0 unspecified atom stereocenters. The highest BCUT2D eigenvalue weighted by Crippen LogP contribution is 2.32. The standard InChI is InChI=1S/C12H15ClN2/c1-7-4-5-10(13)11-9(6-14)8(2)15(3)12(7)11/h4-5H,6,14H2,1-3H3. The van der Waals surface area contributed by atoms with E-state index in [0.29, 0.717) is 6.54 Å². The first-order chi connectivity index (χ1) is 7.07. The van der Waals surface area contributed by atoms with Crippen molar-refractivity contribution in [2.24, 2.45) is 12.8 Å². The Balaban J connectivity index is 3.02. The number of nitrogens with two attached hydrogens (primary N) is 1. The van der Waals surface area contributed by atoms with Gasteiger partial charge in [-0.3, -0.25) is 0 Å². The highest BCUT2D eigenvalue weighted by molar-refractivity contribution is 6.36. The average Bonchev–Trinajstić information content (AvgIpc) is 2.47. The number of hydrogen-bond donors (Lipinski definition) is 1. The number of rotatable bonds is 1. The van der Waals surface area contributed by atoms with E-state index < -0.39 is 0 Å². The second kappa shape index (κ2) is 3.54. The Morgan fingerprint density at radius 3 is 2.60 bits per heavy atom. The van der Waals surface area contributed by atoms with E-state index in [1.165, 1.54) is 16.8 Å². The van der Waals surface area contributed by atoms with Crippen LogP contribution in [0.4, 0.5) is 0 Å². The lowest BCUT2D eigenvalue weighted by Gasteiger charge is -2.03. The maximum Gasteiger partial charge on any atom is 0.0528 e. The summed E-state index contributed by atoms with van der Waals surface area (Å²) in [6.45, 7) is 4.71. The van der Waals surface area contributed by atoms with Gasteiger partial charge < -0.3 is 10.3 Å². The van der Waals surface area contributed by atoms with Gasteiger partial charge in [-0.05, 0) is 31.0 Å². The molecule has 2 nitrogen and oxygen atoms in total. The minimum absolute atomic E-state index is 0.534. The molecule has 0 aliphatic heterocycles. The van der Waals surface area contributed by atoms with Crippen LogP contribution in [-0.4, -0.2) is 4.57 Å². The number of fused-ring (bicyclic) bond motifs is 1. The number of benzene rings is 1. The smallest absolute Gasteiger partial charge is 0.0528 e. The van der Waals surface area contributed by atoms with Crippen LogP contribution in [0.3, 0.4) is 0 Å². The Bertz CT molecular complexity index is 526. The average molecular weight is 223 g/mol. The Kier molecular flexibility index (Phi) is 2.49. The molecule has 80 valence electrons. The van der Waals surface area contributed by atoms with Crippen LogP contribution in [0.5, 0.6) is 0 Å². The van der Waals surface area contributed by atoms with E-state index in [4.69, 9.17) is 17.3 Å². The maximum absolute atomic E-state index is 6.23. The van der Waals surface area contributed by atoms with E-state index in [2.05, 4.69) is 25.5 Å². The molecule has 0 atom stereocenters. The molecular weight excluding hydrogens is 208 g/mol. The molecule has 0 bridgehead atoms. The Morgan fingerprint density at radius 1 is 1.33 bits per heavy atom. The van der Waals surface area contributed by atoms with Crippen molar-refractivity contribution in [1.29, 1.82) is 0 Å². The summed E-state index contributed by atoms with van der Waals surface area (Å²) in [4.78, 5) is 0. The quantitative estimate of drug-likeness (QED) is 0.791. The zero-order chi connectivity index (χ0) is 11.2. The molecule has 15 heavy (non-hydrogen) atoms. The van der Waals surface area contributed by atoms with Gasteiger partial charge in [0.2, 0.25) is 0 Å². The molecule has 1 aromatic heterocycles. The summed E-state index contributed by atoms with van der Waals surface area (Å²) in [5, 5.41) is 1.90. The third-order valence-electron chi connectivity index (χ3n) is 3.11. The summed E-state index contributed by atoms with van der Waals surface area (Å²) in [6.07, 6.45) is 0. The minimum atomic E-state index is 0.534. The van der Waals surface area contributed by atoms with Gasteiger partial charge in [0.1, 0.15) is 0 Å². The van der Waals surface area contributed by atoms with Gasteiger partial charge in [0.05, 0.1) is 10.5 Å². The van der Waals surface area contributed by atoms with E-state index in [0.717, 1.165) is 16.0 Å². The molecule has 0 saturated heterocycles. The lowest BCUT2D eigenvalue weighted by Crippen LogP contribution is -1.99. The van der Waals surface area contributed by atoms with Gasteiger partial charge in [-0.15, -0.1) is 0 Å². The fourth-order valence-corrected chi connectivity index (χ4v) is 2.46. The monoisotopic (exact) mass is 222 g/mol. The van der Waals surface area contributed by atoms with E-state index >= 15 is 0 Å². The minimum Gasteiger partial charge on any atom is -0.347 e. The van der Waals surface area contributed by atoms with Crippen LogP contribution in [0.2, 0.25) is 5.02 Å². The summed E-state index contributed by atoms with van der Waals surface area (Å²) >= 11 is 6.23. The fourth-order valence-electron chi connectivity index (χ4n) is 2.19. The molecular formula is C12H15ClN2. The second-order valence-corrected chi connectivity index (χ2v) is 4.32. The largest absolute Gasteiger partial charge is 0.347 e. The lowest BCUT2D eigenvalue weighted by atomic mass is 10.1. The number of hydrogen-bond acceptors (Lipinski definition) is 1. The van der Waals surface area contributed by atoms with Gasteiger partial charge in [0.15, 0.2) is 0 Å². The fraction of sp³-hybridized carbons (Fsp3) is 0.333. The number of aromatic nitrogens is 1. The van der Waals surface area contributed by atoms with E-state index in [1.54, 1.807) is 0 Å². The Morgan fingerprint density at radius 2 is 2.00 bits per heavy atom. The highest BCUT2D eigenvalue weighted by Gasteiger charge is 2.14. The number of nitrogens with zero attached hydrogens (tertiary/aromatic N) is 1. The van der Waals surface area contributed by atoms with Gasteiger partial charge in [-0.25, -0.2) is 0 Å². The van der Waals surface area contributed by atoms with Gasteiger partial charge in [0, 0.05) is 24.7 Å². The van der Waals surface area contributed by atoms with Gasteiger partial charge in [-0.2, -0.15) is 0 Å². The first-order valence-corrected chi connectivity index (χ1v) is 5.38. The van der Waals surface area contributed by atoms with Crippen molar-refractivity contribution in [2.75, 3.05) is 0 Å². The number of aryl methyl sites for hydroxylation is 2. The summed E-state index contributed by atoms with van der Waals surface area (Å²) in [6, 6.07) is 3.99. The Hall–Kier alpha value is -0.990. The topological polar surface area (TPSA) is 30.9 Å². The third-order valence-corrected chi connectivity index (χ3v) is 3.42. The van der Waals surface area contributed by atoms with Crippen molar-refractivity contribution in [3.63, 3.8) is 0 Å². The molecule has 0 aliphatic rings. The van der Waals surface area contributed by atoms with E-state index in [-0.39, 0.29) is 0 Å². The molecule has 0 amide bonds. The molecule has 0 saturated carbocycles. The van der Waals surface area contributed by atoms with Crippen molar-refractivity contribution in [3.05, 3.63) is 34.0 Å². The van der Waals surface area contributed by atoms with Crippen molar-refractivity contribution in [2.45, 2.75) is 20.4 Å². The maximum atomic E-state index is 6.23. The normalized spacial score (nSPS) is 11.3. The predicted octanol–water partition coefficient (Wildman–Crippen LogP) is 2.91. The summed E-state index contributed by atoms with van der Waals surface area (Å²) < 4.78 is 2.17. The molecule has 2 N–H and O–H groups in total. The highest BCUT2D eigenvalue weighted by atomic mass is 35.5. The van der Waals surface area contributed by atoms with Crippen LogP contribution in [0.1, 0.15) is 16.8 Å². The van der Waals surface area contributed by atoms with E-state index in [9.17, 15) is 0 Å². The molecule has 0 fully saturated rings. The summed E-state index contributed by atoms with van der Waals surface area (Å²) in [7, 11) is 2.06. The van der Waals surface area contributed by atoms with Crippen LogP contribution in [0.15, 0.2) is 12.1 Å². The zero-order valence-electron chi connectivity index (χ0n) is 9.26. The van der Waals surface area contributed by atoms with Crippen LogP contribution >= 0.6 is 11.6 Å². The van der Waals surface area contributed by atoms with Crippen molar-refractivity contribution in [1.82, 2.24) is 4.57 Å². The Labute approximate surface area is 94.6 Å². The molecule has 0 aliphatic carbocycles. The van der Waals surface area contributed by atoms with E-state index in [1.807, 2.05) is 12.1 Å². The van der Waals surface area contributed by atoms with Crippen LogP contribution in [0, 0.1) is 13.8 Å². The first kappa shape index (κ1) is 10.5. The lowest BCUT2D eigenvalue weighted by molar-refractivity contribution is 0.891. The van der Waals surface area contributed by atoms with Gasteiger partial charge in [-0.1, -0.05) is 17.7 Å². The van der Waals surface area contributed by atoms with Crippen molar-refractivity contribution < 1.29 is 0 Å². The molecule has 1 aromatic carbocycles. The number of halogens is 1. The van der Waals surface area contributed by atoms with Crippen LogP contribution in [-0.2, 0) is 13.6 Å². The molecule has 2 rings (SSSR count). The summed E-state index contributed by atoms with van der Waals surface area (Å²) in [5.41, 5.74) is 10.6. The van der Waals surface area contributed by atoms with Crippen molar-refractivity contribution >= 4 is 22.5 Å².